The van der Waals surface area contributed by atoms with E-state index in [2.05, 4.69) is 25.6 Å². The van der Waals surface area contributed by atoms with Gasteiger partial charge in [-0.2, -0.15) is 17.7 Å². The van der Waals surface area contributed by atoms with Crippen molar-refractivity contribution in [3.8, 4) is 5.88 Å². The molecule has 0 aliphatic heterocycles. The number of aromatic nitrogens is 5. The van der Waals surface area contributed by atoms with Gasteiger partial charge in [-0.15, -0.1) is 15.3 Å². The maximum atomic E-state index is 12.9. The molecule has 0 saturated heterocycles. The molecule has 7 nitrogen and oxygen atoms in total. The fourth-order valence-electron chi connectivity index (χ4n) is 2.54. The van der Waals surface area contributed by atoms with Gasteiger partial charge >= 0.3 is 6.18 Å². The van der Waals surface area contributed by atoms with Crippen LogP contribution in [-0.4, -0.2) is 37.9 Å². The Balaban J connectivity index is 1.38. The summed E-state index contributed by atoms with van der Waals surface area (Å²) in [4.78, 5) is 3.66. The zero-order valence-electron chi connectivity index (χ0n) is 13.6. The van der Waals surface area contributed by atoms with Gasteiger partial charge in [-0.05, 0) is 37.1 Å². The molecule has 0 amide bonds. The van der Waals surface area contributed by atoms with Gasteiger partial charge in [0.15, 0.2) is 11.5 Å². The Labute approximate surface area is 146 Å². The molecule has 3 aromatic rings. The quantitative estimate of drug-likeness (QED) is 0.678. The highest BCUT2D eigenvalue weighted by Crippen LogP contribution is 2.38. The average Bonchev–Trinajstić information content (AvgIpc) is 3.38. The van der Waals surface area contributed by atoms with Gasteiger partial charge in [-0.1, -0.05) is 0 Å². The third kappa shape index (κ3) is 3.39. The number of hydrogen-bond donors (Lipinski definition) is 1. The maximum absolute atomic E-state index is 12.9. The highest BCUT2D eigenvalue weighted by atomic mass is 19.4. The summed E-state index contributed by atoms with van der Waals surface area (Å²) < 4.78 is 45.5. The smallest absolute Gasteiger partial charge is 0.421 e. The minimum Gasteiger partial charge on any atom is -0.475 e. The lowest BCUT2D eigenvalue weighted by Crippen LogP contribution is -2.16. The fraction of sp³-hybridized carbons (Fsp3) is 0.375. The van der Waals surface area contributed by atoms with Crippen molar-refractivity contribution in [3.63, 3.8) is 0 Å². The minimum atomic E-state index is -4.50. The lowest BCUT2D eigenvalue weighted by Gasteiger charge is -2.12. The monoisotopic (exact) mass is 364 g/mol. The molecule has 1 aliphatic carbocycles. The van der Waals surface area contributed by atoms with E-state index in [0.717, 1.165) is 24.7 Å². The van der Waals surface area contributed by atoms with Crippen molar-refractivity contribution in [1.29, 1.82) is 0 Å². The summed E-state index contributed by atoms with van der Waals surface area (Å²) in [5, 5.41) is 15.7. The number of ether oxygens (including phenoxy) is 1. The second-order valence-corrected chi connectivity index (χ2v) is 5.95. The second-order valence-electron chi connectivity index (χ2n) is 5.95. The fourth-order valence-corrected chi connectivity index (χ4v) is 2.54. The Bertz CT molecular complexity index is 922. The van der Waals surface area contributed by atoms with Gasteiger partial charge in [-0.25, -0.2) is 4.98 Å². The normalized spacial score (nSPS) is 14.6. The predicted octanol–water partition coefficient (Wildman–Crippen LogP) is 2.91. The van der Waals surface area contributed by atoms with Crippen LogP contribution in [0.3, 0.4) is 0 Å². The first-order chi connectivity index (χ1) is 12.5. The Morgan fingerprint density at radius 1 is 1.19 bits per heavy atom. The van der Waals surface area contributed by atoms with Gasteiger partial charge < -0.3 is 10.1 Å². The second kappa shape index (κ2) is 6.43. The van der Waals surface area contributed by atoms with Gasteiger partial charge in [0.25, 0.3) is 0 Å². The van der Waals surface area contributed by atoms with Crippen LogP contribution in [0.2, 0.25) is 0 Å². The van der Waals surface area contributed by atoms with E-state index in [0.29, 0.717) is 17.4 Å². The number of hydrogen-bond acceptors (Lipinski definition) is 6. The van der Waals surface area contributed by atoms with E-state index in [1.807, 2.05) is 0 Å². The van der Waals surface area contributed by atoms with Gasteiger partial charge in [0, 0.05) is 12.1 Å². The molecule has 0 spiro atoms. The highest BCUT2D eigenvalue weighted by Gasteiger charge is 2.35. The Morgan fingerprint density at radius 3 is 2.81 bits per heavy atom. The van der Waals surface area contributed by atoms with Crippen molar-refractivity contribution in [2.75, 3.05) is 18.5 Å². The lowest BCUT2D eigenvalue weighted by atomic mass is 10.2. The van der Waals surface area contributed by atoms with Crippen molar-refractivity contribution in [2.45, 2.75) is 24.9 Å². The van der Waals surface area contributed by atoms with E-state index in [1.165, 1.54) is 12.3 Å². The van der Waals surface area contributed by atoms with Crippen LogP contribution >= 0.6 is 0 Å². The third-order valence-electron chi connectivity index (χ3n) is 3.95. The van der Waals surface area contributed by atoms with Crippen LogP contribution in [0.1, 0.15) is 30.1 Å². The largest absolute Gasteiger partial charge is 0.475 e. The zero-order valence-corrected chi connectivity index (χ0v) is 13.6. The average molecular weight is 364 g/mol. The summed E-state index contributed by atoms with van der Waals surface area (Å²) >= 11 is 0. The summed E-state index contributed by atoms with van der Waals surface area (Å²) in [7, 11) is 0. The number of fused-ring (bicyclic) bond motifs is 1. The number of rotatable bonds is 6. The molecule has 136 valence electrons. The molecule has 0 aromatic carbocycles. The molecule has 1 N–H and O–H groups in total. The number of nitrogens with zero attached hydrogens (tertiary/aromatic N) is 5. The van der Waals surface area contributed by atoms with E-state index in [-0.39, 0.29) is 13.2 Å². The number of pyridine rings is 1. The van der Waals surface area contributed by atoms with Crippen molar-refractivity contribution < 1.29 is 17.9 Å². The molecular formula is C16H15F3N6O. The molecule has 3 heterocycles. The molecule has 1 fully saturated rings. The van der Waals surface area contributed by atoms with Gasteiger partial charge in [0.1, 0.15) is 18.0 Å². The number of halogens is 3. The molecule has 0 radical (unpaired) electrons. The van der Waals surface area contributed by atoms with Crippen LogP contribution in [0.25, 0.3) is 5.65 Å². The van der Waals surface area contributed by atoms with Crippen molar-refractivity contribution >= 4 is 11.5 Å². The van der Waals surface area contributed by atoms with Gasteiger partial charge in [0.05, 0.1) is 6.54 Å². The predicted molar refractivity (Wildman–Crippen MR) is 86.0 cm³/mol. The summed E-state index contributed by atoms with van der Waals surface area (Å²) in [6.07, 6.45) is -1.07. The molecule has 26 heavy (non-hydrogen) atoms. The zero-order chi connectivity index (χ0) is 18.1. The van der Waals surface area contributed by atoms with E-state index in [4.69, 9.17) is 4.74 Å². The number of nitrogens with one attached hydrogen (secondary N) is 1. The molecule has 0 atom stereocenters. The van der Waals surface area contributed by atoms with Crippen LogP contribution in [0, 0.1) is 0 Å². The Morgan fingerprint density at radius 2 is 2.04 bits per heavy atom. The van der Waals surface area contributed by atoms with Gasteiger partial charge in [0.2, 0.25) is 5.88 Å². The molecule has 0 bridgehead atoms. The SMILES string of the molecule is FC(F)(F)c1cccnc1OCCNc1ccc2nnc(C3CC3)n2n1. The van der Waals surface area contributed by atoms with Crippen LogP contribution in [0.15, 0.2) is 30.5 Å². The van der Waals surface area contributed by atoms with Crippen LogP contribution in [0.4, 0.5) is 19.0 Å². The third-order valence-corrected chi connectivity index (χ3v) is 3.95. The minimum absolute atomic E-state index is 0.0114. The molecule has 0 unspecified atom stereocenters. The van der Waals surface area contributed by atoms with Crippen LogP contribution < -0.4 is 10.1 Å². The van der Waals surface area contributed by atoms with Crippen LogP contribution in [0.5, 0.6) is 5.88 Å². The molecule has 3 aromatic heterocycles. The molecule has 10 heteroatoms. The molecule has 4 rings (SSSR count). The maximum Gasteiger partial charge on any atom is 0.421 e. The standard InChI is InChI=1S/C16H15F3N6O/c17-16(18,19)11-2-1-7-21-15(11)26-9-8-20-12-5-6-13-22-23-14(10-3-4-10)25(13)24-12/h1-2,5-7,10H,3-4,8-9H2,(H,20,24). The Hall–Kier alpha value is -2.91. The number of anilines is 1. The van der Waals surface area contributed by atoms with Crippen LogP contribution in [-0.2, 0) is 6.18 Å². The molecular weight excluding hydrogens is 349 g/mol. The van der Waals surface area contributed by atoms with E-state index in [1.54, 1.807) is 16.6 Å². The lowest BCUT2D eigenvalue weighted by molar-refractivity contribution is -0.139. The first kappa shape index (κ1) is 16.6. The highest BCUT2D eigenvalue weighted by molar-refractivity contribution is 5.44. The first-order valence-corrected chi connectivity index (χ1v) is 8.13. The first-order valence-electron chi connectivity index (χ1n) is 8.13. The molecule has 1 saturated carbocycles. The van der Waals surface area contributed by atoms with E-state index < -0.39 is 17.6 Å². The summed E-state index contributed by atoms with van der Waals surface area (Å²) in [5.74, 6) is 1.38. The topological polar surface area (TPSA) is 77.2 Å². The molecule has 1 aliphatic rings. The Kier molecular flexibility index (Phi) is 4.09. The van der Waals surface area contributed by atoms with Crippen molar-refractivity contribution in [3.05, 3.63) is 41.9 Å². The van der Waals surface area contributed by atoms with Crippen molar-refractivity contribution in [2.24, 2.45) is 0 Å². The summed E-state index contributed by atoms with van der Waals surface area (Å²) in [5.41, 5.74) is -0.227. The van der Waals surface area contributed by atoms with E-state index >= 15 is 0 Å². The van der Waals surface area contributed by atoms with E-state index in [9.17, 15) is 13.2 Å². The number of alkyl halides is 3. The summed E-state index contributed by atoms with van der Waals surface area (Å²) in [6.45, 7) is 0.282. The van der Waals surface area contributed by atoms with Crippen molar-refractivity contribution in [1.82, 2.24) is 24.8 Å². The van der Waals surface area contributed by atoms with Gasteiger partial charge in [-0.3, -0.25) is 0 Å². The summed E-state index contributed by atoms with van der Waals surface area (Å²) in [6, 6.07) is 5.69.